The predicted octanol–water partition coefficient (Wildman–Crippen LogP) is 1.18. The average molecular weight is 388 g/mol. The molecule has 1 aromatic rings. The van der Waals surface area contributed by atoms with Crippen molar-refractivity contribution in [2.45, 2.75) is 50.7 Å². The minimum absolute atomic E-state index is 0.0117. The first-order chi connectivity index (χ1) is 13.3. The van der Waals surface area contributed by atoms with Crippen molar-refractivity contribution in [2.75, 3.05) is 0 Å². The molecule has 5 amide bonds. The third-order valence-corrected chi connectivity index (χ3v) is 5.44. The highest BCUT2D eigenvalue weighted by Gasteiger charge is 2.43. The molecule has 2 fully saturated rings. The van der Waals surface area contributed by atoms with Gasteiger partial charge in [-0.3, -0.25) is 14.9 Å². The predicted molar refractivity (Wildman–Crippen MR) is 99.2 cm³/mol. The molecule has 0 radical (unpaired) electrons. The molecule has 28 heavy (non-hydrogen) atoms. The number of rotatable bonds is 5. The van der Waals surface area contributed by atoms with E-state index in [1.165, 1.54) is 0 Å². The molecule has 1 saturated carbocycles. The Bertz CT molecular complexity index is 786. The zero-order valence-electron chi connectivity index (χ0n) is 15.6. The molecule has 9 heteroatoms. The van der Waals surface area contributed by atoms with Crippen LogP contribution in [0.1, 0.15) is 43.7 Å². The fourth-order valence-corrected chi connectivity index (χ4v) is 3.61. The third-order valence-electron chi connectivity index (χ3n) is 5.44. The molecule has 1 aromatic carbocycles. The minimum Gasteiger partial charge on any atom is -0.481 e. The molecular formula is C19H24N4O5. The van der Waals surface area contributed by atoms with Gasteiger partial charge in [0.1, 0.15) is 5.54 Å². The molecule has 1 atom stereocenters. The van der Waals surface area contributed by atoms with Crippen molar-refractivity contribution in [1.29, 1.82) is 0 Å². The second-order valence-corrected chi connectivity index (χ2v) is 7.44. The number of carbonyl (C=O) groups is 4. The van der Waals surface area contributed by atoms with Crippen LogP contribution in [0, 0.1) is 5.92 Å². The van der Waals surface area contributed by atoms with E-state index in [0.717, 1.165) is 5.56 Å². The lowest BCUT2D eigenvalue weighted by Crippen LogP contribution is -2.44. The van der Waals surface area contributed by atoms with Gasteiger partial charge in [0, 0.05) is 12.6 Å². The fraction of sp³-hybridized carbons (Fsp3) is 0.474. The highest BCUT2D eigenvalue weighted by atomic mass is 16.4. The average Bonchev–Trinajstić information content (AvgIpc) is 2.93. The van der Waals surface area contributed by atoms with Crippen LogP contribution < -0.4 is 21.3 Å². The van der Waals surface area contributed by atoms with Crippen LogP contribution in [-0.2, 0) is 21.7 Å². The maximum Gasteiger partial charge on any atom is 0.322 e. The Morgan fingerprint density at radius 2 is 1.79 bits per heavy atom. The molecule has 1 saturated heterocycles. The first-order valence-corrected chi connectivity index (χ1v) is 9.28. The van der Waals surface area contributed by atoms with E-state index in [9.17, 15) is 19.2 Å². The number of amides is 5. The van der Waals surface area contributed by atoms with E-state index in [2.05, 4.69) is 21.3 Å². The van der Waals surface area contributed by atoms with E-state index in [1.54, 1.807) is 31.2 Å². The van der Waals surface area contributed by atoms with Crippen LogP contribution in [0.4, 0.5) is 9.59 Å². The van der Waals surface area contributed by atoms with Crippen LogP contribution in [0.15, 0.2) is 24.3 Å². The highest BCUT2D eigenvalue weighted by Crippen LogP contribution is 2.25. The molecule has 5 N–H and O–H groups in total. The summed E-state index contributed by atoms with van der Waals surface area (Å²) in [5.41, 5.74) is 0.399. The van der Waals surface area contributed by atoms with E-state index >= 15 is 0 Å². The van der Waals surface area contributed by atoms with Gasteiger partial charge in [-0.25, -0.2) is 9.59 Å². The van der Waals surface area contributed by atoms with Gasteiger partial charge in [0.2, 0.25) is 0 Å². The van der Waals surface area contributed by atoms with Crippen molar-refractivity contribution in [3.8, 4) is 0 Å². The van der Waals surface area contributed by atoms with Crippen molar-refractivity contribution in [2.24, 2.45) is 5.92 Å². The van der Waals surface area contributed by atoms with Crippen LogP contribution in [0.2, 0.25) is 0 Å². The molecule has 1 aliphatic carbocycles. The molecule has 3 rings (SSSR count). The van der Waals surface area contributed by atoms with E-state index < -0.39 is 23.4 Å². The molecule has 0 aromatic heterocycles. The molecule has 2 aliphatic rings. The van der Waals surface area contributed by atoms with Crippen LogP contribution in [0.3, 0.4) is 0 Å². The quantitative estimate of drug-likeness (QED) is 0.483. The van der Waals surface area contributed by atoms with Crippen LogP contribution >= 0.6 is 0 Å². The number of hydrogen-bond donors (Lipinski definition) is 5. The minimum atomic E-state index is -1.10. The van der Waals surface area contributed by atoms with E-state index in [4.69, 9.17) is 5.11 Å². The van der Waals surface area contributed by atoms with Crippen molar-refractivity contribution in [3.63, 3.8) is 0 Å². The van der Waals surface area contributed by atoms with Gasteiger partial charge in [-0.15, -0.1) is 0 Å². The number of carboxylic acids is 1. The number of nitrogens with one attached hydrogen (secondary N) is 4. The molecule has 9 nitrogen and oxygen atoms in total. The van der Waals surface area contributed by atoms with Gasteiger partial charge in [-0.05, 0) is 43.7 Å². The van der Waals surface area contributed by atoms with Crippen LogP contribution in [0.25, 0.3) is 0 Å². The number of aliphatic carboxylic acids is 1. The van der Waals surface area contributed by atoms with Gasteiger partial charge in [-0.2, -0.15) is 0 Å². The van der Waals surface area contributed by atoms with Gasteiger partial charge < -0.3 is 21.1 Å². The van der Waals surface area contributed by atoms with Gasteiger partial charge in [0.25, 0.3) is 5.91 Å². The molecular weight excluding hydrogens is 364 g/mol. The Labute approximate surface area is 162 Å². The Hall–Kier alpha value is -3.10. The summed E-state index contributed by atoms with van der Waals surface area (Å²) in [5.74, 6) is -1.48. The maximum atomic E-state index is 12.1. The Morgan fingerprint density at radius 1 is 1.14 bits per heavy atom. The number of urea groups is 2. The molecule has 0 bridgehead atoms. The van der Waals surface area contributed by atoms with Crippen LogP contribution in [0.5, 0.6) is 0 Å². The Balaban J connectivity index is 1.47. The number of carbonyl (C=O) groups excluding carboxylic acids is 3. The summed E-state index contributed by atoms with van der Waals surface area (Å²) >= 11 is 0. The summed E-state index contributed by atoms with van der Waals surface area (Å²) in [4.78, 5) is 46.4. The van der Waals surface area contributed by atoms with E-state index in [0.29, 0.717) is 37.8 Å². The number of benzene rings is 1. The molecule has 0 spiro atoms. The molecule has 1 unspecified atom stereocenters. The lowest BCUT2D eigenvalue weighted by molar-refractivity contribution is -0.142. The zero-order chi connectivity index (χ0) is 20.3. The smallest absolute Gasteiger partial charge is 0.322 e. The van der Waals surface area contributed by atoms with Gasteiger partial charge in [-0.1, -0.05) is 24.3 Å². The summed E-state index contributed by atoms with van der Waals surface area (Å²) in [5, 5.41) is 19.5. The largest absolute Gasteiger partial charge is 0.481 e. The summed E-state index contributed by atoms with van der Waals surface area (Å²) < 4.78 is 0. The monoisotopic (exact) mass is 388 g/mol. The fourth-order valence-electron chi connectivity index (χ4n) is 3.61. The SMILES string of the molecule is CC1(c2ccc(CNC(=O)NC3CCC(C(=O)O)CC3)cc2)NC(=O)NC1=O. The second-order valence-electron chi connectivity index (χ2n) is 7.44. The standard InChI is InChI=1S/C19H24N4O5/c1-19(16(26)22-18(28)23-19)13-6-2-11(3-7-13)10-20-17(27)21-14-8-4-12(5-9-14)15(24)25/h2-3,6-7,12,14H,4-5,8-10H2,1H3,(H,24,25)(H2,20,21,27)(H2,22,23,26,28). The highest BCUT2D eigenvalue weighted by molar-refractivity contribution is 6.07. The van der Waals surface area contributed by atoms with Crippen molar-refractivity contribution < 1.29 is 24.3 Å². The topological polar surface area (TPSA) is 137 Å². The van der Waals surface area contributed by atoms with Gasteiger partial charge in [0.15, 0.2) is 0 Å². The summed E-state index contributed by atoms with van der Waals surface area (Å²) in [6.07, 6.45) is 2.46. The normalized spacial score (nSPS) is 26.9. The van der Waals surface area contributed by atoms with E-state index in [-0.39, 0.29) is 18.0 Å². The zero-order valence-corrected chi connectivity index (χ0v) is 15.6. The van der Waals surface area contributed by atoms with Crippen LogP contribution in [-0.4, -0.2) is 35.1 Å². The molecule has 1 aliphatic heterocycles. The molecule has 150 valence electrons. The van der Waals surface area contributed by atoms with Crippen molar-refractivity contribution >= 4 is 23.9 Å². The van der Waals surface area contributed by atoms with Crippen molar-refractivity contribution in [3.05, 3.63) is 35.4 Å². The third kappa shape index (κ3) is 4.24. The Morgan fingerprint density at radius 3 is 2.32 bits per heavy atom. The van der Waals surface area contributed by atoms with Crippen molar-refractivity contribution in [1.82, 2.24) is 21.3 Å². The lowest BCUT2D eigenvalue weighted by atomic mass is 9.86. The van der Waals surface area contributed by atoms with Gasteiger partial charge in [0.05, 0.1) is 5.92 Å². The van der Waals surface area contributed by atoms with Gasteiger partial charge >= 0.3 is 18.0 Å². The lowest BCUT2D eigenvalue weighted by Gasteiger charge is -2.26. The summed E-state index contributed by atoms with van der Waals surface area (Å²) in [7, 11) is 0. The number of hydrogen-bond acceptors (Lipinski definition) is 4. The number of carboxylic acid groups (broad SMARTS) is 1. The maximum absolute atomic E-state index is 12.1. The first-order valence-electron chi connectivity index (χ1n) is 9.28. The molecule has 1 heterocycles. The summed E-state index contributed by atoms with van der Waals surface area (Å²) in [6, 6.07) is 6.24. The Kier molecular flexibility index (Phi) is 5.53. The first kappa shape index (κ1) is 19.7. The second kappa shape index (κ2) is 7.87. The summed E-state index contributed by atoms with van der Waals surface area (Å²) in [6.45, 7) is 1.94. The number of imide groups is 1. The van der Waals surface area contributed by atoms with E-state index in [1.807, 2.05) is 0 Å².